The summed E-state index contributed by atoms with van der Waals surface area (Å²) in [5, 5.41) is 20.4. The molecule has 0 aliphatic carbocycles. The van der Waals surface area contributed by atoms with E-state index in [1.807, 2.05) is 0 Å². The van der Waals surface area contributed by atoms with E-state index in [0.717, 1.165) is 12.8 Å². The van der Waals surface area contributed by atoms with Gasteiger partial charge in [0.25, 0.3) is 11.6 Å². The number of hydrogen-bond donors (Lipinski definition) is 1. The molecule has 1 saturated heterocycles. The van der Waals surface area contributed by atoms with Gasteiger partial charge in [0.15, 0.2) is 0 Å². The topological polar surface area (TPSA) is 83.7 Å². The van der Waals surface area contributed by atoms with Gasteiger partial charge < -0.3 is 10.0 Å². The summed E-state index contributed by atoms with van der Waals surface area (Å²) in [6.45, 7) is 2.88. The molecule has 1 N–H and O–H groups in total. The Hall–Kier alpha value is -1.47. The molecule has 2 rings (SSSR count). The quantitative estimate of drug-likeness (QED) is 0.666. The van der Waals surface area contributed by atoms with Crippen molar-refractivity contribution in [2.75, 3.05) is 13.1 Å². The largest absolute Gasteiger partial charge is 0.393 e. The molecular weight excluding hydrogens is 340 g/mol. The highest BCUT2D eigenvalue weighted by Gasteiger charge is 2.27. The number of nitrogens with zero attached hydrogens (tertiary/aromatic N) is 2. The minimum atomic E-state index is -0.511. The zero-order valence-electron chi connectivity index (χ0n) is 11.7. The van der Waals surface area contributed by atoms with E-state index in [0.29, 0.717) is 23.1 Å². The van der Waals surface area contributed by atoms with Crippen LogP contribution < -0.4 is 0 Å². The van der Waals surface area contributed by atoms with E-state index in [1.165, 1.54) is 18.2 Å². The third kappa shape index (κ3) is 3.59. The number of halogens is 1. The summed E-state index contributed by atoms with van der Waals surface area (Å²) in [7, 11) is 0. The fourth-order valence-corrected chi connectivity index (χ4v) is 2.96. The third-order valence-electron chi connectivity index (χ3n) is 3.90. The summed E-state index contributed by atoms with van der Waals surface area (Å²) in [5.41, 5.74) is 0.208. The molecule has 1 heterocycles. The highest BCUT2D eigenvalue weighted by Crippen LogP contribution is 2.27. The van der Waals surface area contributed by atoms with Crippen LogP contribution in [0.5, 0.6) is 0 Å². The lowest BCUT2D eigenvalue weighted by atomic mass is 9.92. The summed E-state index contributed by atoms with van der Waals surface area (Å²) in [6, 6.07) is 4.18. The second kappa shape index (κ2) is 6.53. The number of nitro groups is 1. The van der Waals surface area contributed by atoms with Crippen molar-refractivity contribution >= 4 is 27.5 Å². The summed E-state index contributed by atoms with van der Waals surface area (Å²) in [5.74, 6) is -0.00258. The first-order valence-corrected chi connectivity index (χ1v) is 7.60. The number of piperidine rings is 1. The Kier molecular flexibility index (Phi) is 4.95. The molecule has 1 fully saturated rings. The maximum Gasteiger partial charge on any atom is 0.270 e. The molecule has 6 nitrogen and oxygen atoms in total. The highest BCUT2D eigenvalue weighted by molar-refractivity contribution is 9.10. The molecule has 1 aliphatic heterocycles. The molecule has 0 radical (unpaired) electrons. The molecule has 7 heteroatoms. The van der Waals surface area contributed by atoms with Gasteiger partial charge in [-0.1, -0.05) is 0 Å². The lowest BCUT2D eigenvalue weighted by Gasteiger charge is -2.33. The van der Waals surface area contributed by atoms with Gasteiger partial charge in [-0.15, -0.1) is 0 Å². The zero-order valence-corrected chi connectivity index (χ0v) is 13.2. The molecule has 114 valence electrons. The fourth-order valence-electron chi connectivity index (χ4n) is 2.55. The molecule has 1 amide bonds. The fraction of sp³-hybridized carbons (Fsp3) is 0.500. The monoisotopic (exact) mass is 356 g/mol. The van der Waals surface area contributed by atoms with Crippen molar-refractivity contribution in [2.24, 2.45) is 5.92 Å². The number of aliphatic hydroxyl groups is 1. The van der Waals surface area contributed by atoms with Crippen molar-refractivity contribution in [3.63, 3.8) is 0 Å². The molecule has 1 atom stereocenters. The van der Waals surface area contributed by atoms with Crippen molar-refractivity contribution in [3.8, 4) is 0 Å². The van der Waals surface area contributed by atoms with E-state index in [9.17, 15) is 20.0 Å². The van der Waals surface area contributed by atoms with Crippen molar-refractivity contribution in [2.45, 2.75) is 25.9 Å². The van der Waals surface area contributed by atoms with E-state index >= 15 is 0 Å². The minimum absolute atomic E-state index is 0.0968. The number of non-ortho nitro benzene ring substituents is 1. The average Bonchev–Trinajstić information content (AvgIpc) is 2.47. The lowest BCUT2D eigenvalue weighted by molar-refractivity contribution is -0.384. The van der Waals surface area contributed by atoms with Crippen LogP contribution in [0.1, 0.15) is 30.1 Å². The van der Waals surface area contributed by atoms with Crippen molar-refractivity contribution in [1.82, 2.24) is 4.90 Å². The Labute approximate surface area is 131 Å². The Balaban J connectivity index is 2.14. The van der Waals surface area contributed by atoms with Crippen LogP contribution in [-0.4, -0.2) is 40.0 Å². The minimum Gasteiger partial charge on any atom is -0.393 e. The number of hydrogen-bond acceptors (Lipinski definition) is 4. The SMILES string of the molecule is CC(O)C1CCN(C(=O)c2cc([N+](=O)[O-])ccc2Br)CC1. The van der Waals surface area contributed by atoms with Crippen molar-refractivity contribution in [1.29, 1.82) is 0 Å². The van der Waals surface area contributed by atoms with Gasteiger partial charge in [0.05, 0.1) is 16.6 Å². The van der Waals surface area contributed by atoms with Gasteiger partial charge in [-0.3, -0.25) is 14.9 Å². The Morgan fingerprint density at radius 3 is 2.62 bits per heavy atom. The Morgan fingerprint density at radius 2 is 2.10 bits per heavy atom. The van der Waals surface area contributed by atoms with E-state index in [-0.39, 0.29) is 23.6 Å². The molecule has 0 spiro atoms. The third-order valence-corrected chi connectivity index (χ3v) is 4.59. The molecule has 1 aromatic rings. The number of carbonyl (C=O) groups is 1. The van der Waals surface area contributed by atoms with Gasteiger partial charge in [0.1, 0.15) is 0 Å². The van der Waals surface area contributed by atoms with E-state index in [2.05, 4.69) is 15.9 Å². The highest BCUT2D eigenvalue weighted by atomic mass is 79.9. The first kappa shape index (κ1) is 15.9. The predicted octanol–water partition coefficient (Wildman–Crippen LogP) is 2.59. The Morgan fingerprint density at radius 1 is 1.48 bits per heavy atom. The van der Waals surface area contributed by atoms with Gasteiger partial charge in [-0.05, 0) is 47.7 Å². The first-order chi connectivity index (χ1) is 9.90. The number of amides is 1. The number of nitro benzene ring substituents is 1. The molecule has 1 aliphatic rings. The lowest BCUT2D eigenvalue weighted by Crippen LogP contribution is -2.40. The number of carbonyl (C=O) groups excluding carboxylic acids is 1. The molecule has 0 saturated carbocycles. The van der Waals surface area contributed by atoms with Crippen LogP contribution in [0.4, 0.5) is 5.69 Å². The smallest absolute Gasteiger partial charge is 0.270 e. The van der Waals surface area contributed by atoms with Crippen molar-refractivity contribution < 1.29 is 14.8 Å². The molecular formula is C14H17BrN2O4. The van der Waals surface area contributed by atoms with E-state index < -0.39 is 4.92 Å². The van der Waals surface area contributed by atoms with Gasteiger partial charge in [-0.2, -0.15) is 0 Å². The van der Waals surface area contributed by atoms with E-state index in [4.69, 9.17) is 0 Å². The molecule has 0 bridgehead atoms. The molecule has 1 unspecified atom stereocenters. The predicted molar refractivity (Wildman–Crippen MR) is 81.1 cm³/mol. The van der Waals surface area contributed by atoms with E-state index in [1.54, 1.807) is 11.8 Å². The summed E-state index contributed by atoms with van der Waals surface area (Å²) in [6.07, 6.45) is 1.12. The summed E-state index contributed by atoms with van der Waals surface area (Å²) < 4.78 is 0.552. The number of benzene rings is 1. The van der Waals surface area contributed by atoms with Crippen LogP contribution in [0.15, 0.2) is 22.7 Å². The first-order valence-electron chi connectivity index (χ1n) is 6.81. The maximum atomic E-state index is 12.5. The second-order valence-corrected chi connectivity index (χ2v) is 6.15. The molecule has 21 heavy (non-hydrogen) atoms. The molecule has 1 aromatic carbocycles. The van der Waals surface area contributed by atoms with Crippen LogP contribution >= 0.6 is 15.9 Å². The number of aliphatic hydroxyl groups excluding tert-OH is 1. The molecule has 0 aromatic heterocycles. The number of likely N-dealkylation sites (tertiary alicyclic amines) is 1. The van der Waals surface area contributed by atoms with Crippen LogP contribution in [0.2, 0.25) is 0 Å². The Bertz CT molecular complexity index is 554. The van der Waals surface area contributed by atoms with Gasteiger partial charge in [0, 0.05) is 29.7 Å². The van der Waals surface area contributed by atoms with Crippen LogP contribution in [0, 0.1) is 16.0 Å². The van der Waals surface area contributed by atoms with Gasteiger partial charge >= 0.3 is 0 Å². The zero-order chi connectivity index (χ0) is 15.6. The van der Waals surface area contributed by atoms with Crippen LogP contribution in [-0.2, 0) is 0 Å². The summed E-state index contributed by atoms with van der Waals surface area (Å²) >= 11 is 3.27. The maximum absolute atomic E-state index is 12.5. The second-order valence-electron chi connectivity index (χ2n) is 5.29. The van der Waals surface area contributed by atoms with Crippen molar-refractivity contribution in [3.05, 3.63) is 38.3 Å². The summed E-state index contributed by atoms with van der Waals surface area (Å²) in [4.78, 5) is 24.5. The normalized spacial score (nSPS) is 17.6. The van der Waals surface area contributed by atoms with Gasteiger partial charge in [0.2, 0.25) is 0 Å². The van der Waals surface area contributed by atoms with Gasteiger partial charge in [-0.25, -0.2) is 0 Å². The number of rotatable bonds is 3. The average molecular weight is 357 g/mol. The van der Waals surface area contributed by atoms with Crippen LogP contribution in [0.25, 0.3) is 0 Å². The van der Waals surface area contributed by atoms with Crippen LogP contribution in [0.3, 0.4) is 0 Å². The standard InChI is InChI=1S/C14H17BrN2O4/c1-9(18)10-4-6-16(7-5-10)14(19)12-8-11(17(20)21)2-3-13(12)15/h2-3,8-10,18H,4-7H2,1H3.